The molecule has 0 atom stereocenters. The fourth-order valence-corrected chi connectivity index (χ4v) is 1.21. The number of hydrogen-bond donors (Lipinski definition) is 1. The van der Waals surface area contributed by atoms with E-state index in [1.807, 2.05) is 0 Å². The maximum Gasteiger partial charge on any atom is 0.253 e. The molecule has 0 saturated heterocycles. The second-order valence-electron chi connectivity index (χ2n) is 3.18. The molecule has 82 valence electrons. The van der Waals surface area contributed by atoms with Gasteiger partial charge in [0.2, 0.25) is 0 Å². The van der Waals surface area contributed by atoms with Crippen molar-refractivity contribution in [3.63, 3.8) is 0 Å². The van der Waals surface area contributed by atoms with Gasteiger partial charge in [0, 0.05) is 19.2 Å². The third-order valence-electron chi connectivity index (χ3n) is 2.12. The molecule has 1 aromatic rings. The van der Waals surface area contributed by atoms with Gasteiger partial charge >= 0.3 is 0 Å². The third kappa shape index (κ3) is 2.95. The van der Waals surface area contributed by atoms with Crippen molar-refractivity contribution in [3.8, 4) is 5.75 Å². The van der Waals surface area contributed by atoms with Crippen LogP contribution in [-0.2, 0) is 0 Å². The second-order valence-corrected chi connectivity index (χ2v) is 3.18. The second kappa shape index (κ2) is 5.36. The summed E-state index contributed by atoms with van der Waals surface area (Å²) >= 11 is 0. The lowest BCUT2D eigenvalue weighted by molar-refractivity contribution is 0.0767. The Labute approximate surface area is 89.1 Å². The van der Waals surface area contributed by atoms with E-state index in [4.69, 9.17) is 9.84 Å². The van der Waals surface area contributed by atoms with Gasteiger partial charge in [-0.2, -0.15) is 0 Å². The van der Waals surface area contributed by atoms with Crippen LogP contribution in [0.3, 0.4) is 0 Å². The molecule has 1 aromatic carbocycles. The third-order valence-corrected chi connectivity index (χ3v) is 2.12. The SMILES string of the molecule is COc1ccc(C(=O)N(C)CCO)cc1. The largest absolute Gasteiger partial charge is 0.497 e. The number of hydrogen-bond acceptors (Lipinski definition) is 3. The zero-order valence-electron chi connectivity index (χ0n) is 8.93. The maximum atomic E-state index is 11.7. The first-order valence-corrected chi connectivity index (χ1v) is 4.69. The summed E-state index contributed by atoms with van der Waals surface area (Å²) in [6, 6.07) is 6.88. The van der Waals surface area contributed by atoms with Crippen molar-refractivity contribution in [1.82, 2.24) is 4.90 Å². The fourth-order valence-electron chi connectivity index (χ4n) is 1.21. The van der Waals surface area contributed by atoms with E-state index in [1.165, 1.54) is 4.90 Å². The molecular formula is C11H15NO3. The van der Waals surface area contributed by atoms with Gasteiger partial charge in [-0.1, -0.05) is 0 Å². The smallest absolute Gasteiger partial charge is 0.253 e. The summed E-state index contributed by atoms with van der Waals surface area (Å²) in [6.07, 6.45) is 0. The molecule has 0 aromatic heterocycles. The topological polar surface area (TPSA) is 49.8 Å². The highest BCUT2D eigenvalue weighted by Gasteiger charge is 2.10. The summed E-state index contributed by atoms with van der Waals surface area (Å²) in [4.78, 5) is 13.2. The molecule has 4 heteroatoms. The highest BCUT2D eigenvalue weighted by atomic mass is 16.5. The summed E-state index contributed by atoms with van der Waals surface area (Å²) in [7, 11) is 3.23. The van der Waals surface area contributed by atoms with Crippen molar-refractivity contribution < 1.29 is 14.6 Å². The molecule has 15 heavy (non-hydrogen) atoms. The van der Waals surface area contributed by atoms with Crippen LogP contribution >= 0.6 is 0 Å². The van der Waals surface area contributed by atoms with Gasteiger partial charge in [-0.05, 0) is 24.3 Å². The predicted octanol–water partition coefficient (Wildman–Crippen LogP) is 0.759. The Balaban J connectivity index is 2.73. The Morgan fingerprint density at radius 1 is 1.40 bits per heavy atom. The fraction of sp³-hybridized carbons (Fsp3) is 0.364. The van der Waals surface area contributed by atoms with E-state index in [0.717, 1.165) is 5.75 Å². The lowest BCUT2D eigenvalue weighted by Crippen LogP contribution is -2.29. The van der Waals surface area contributed by atoms with Crippen LogP contribution in [0.5, 0.6) is 5.75 Å². The van der Waals surface area contributed by atoms with E-state index in [9.17, 15) is 4.79 Å². The molecule has 0 aliphatic carbocycles. The lowest BCUT2D eigenvalue weighted by atomic mass is 10.2. The number of ether oxygens (including phenoxy) is 1. The Hall–Kier alpha value is -1.55. The van der Waals surface area contributed by atoms with E-state index >= 15 is 0 Å². The van der Waals surface area contributed by atoms with E-state index in [-0.39, 0.29) is 12.5 Å². The number of aliphatic hydroxyl groups is 1. The van der Waals surface area contributed by atoms with Crippen molar-refractivity contribution >= 4 is 5.91 Å². The quantitative estimate of drug-likeness (QED) is 0.796. The van der Waals surface area contributed by atoms with Gasteiger partial charge in [-0.25, -0.2) is 0 Å². The summed E-state index contributed by atoms with van der Waals surface area (Å²) < 4.78 is 4.99. The number of aliphatic hydroxyl groups excluding tert-OH is 1. The zero-order chi connectivity index (χ0) is 11.3. The highest BCUT2D eigenvalue weighted by molar-refractivity contribution is 5.94. The average molecular weight is 209 g/mol. The summed E-state index contributed by atoms with van der Waals surface area (Å²) in [6.45, 7) is 0.309. The standard InChI is InChI=1S/C11H15NO3/c1-12(7-8-13)11(14)9-3-5-10(15-2)6-4-9/h3-6,13H,7-8H2,1-2H3. The molecule has 0 heterocycles. The van der Waals surface area contributed by atoms with Crippen molar-refractivity contribution in [2.45, 2.75) is 0 Å². The first kappa shape index (κ1) is 11.5. The molecule has 0 bridgehead atoms. The van der Waals surface area contributed by atoms with E-state index in [2.05, 4.69) is 0 Å². The Kier molecular flexibility index (Phi) is 4.12. The highest BCUT2D eigenvalue weighted by Crippen LogP contribution is 2.12. The number of benzene rings is 1. The minimum absolute atomic E-state index is 0.0294. The van der Waals surface area contributed by atoms with Crippen LogP contribution in [-0.4, -0.2) is 43.2 Å². The molecule has 0 fully saturated rings. The van der Waals surface area contributed by atoms with Crippen LogP contribution in [0.1, 0.15) is 10.4 Å². The molecule has 1 N–H and O–H groups in total. The molecule has 0 saturated carbocycles. The Bertz CT molecular complexity index is 321. The number of carbonyl (C=O) groups is 1. The zero-order valence-corrected chi connectivity index (χ0v) is 8.93. The molecule has 0 unspecified atom stereocenters. The van der Waals surface area contributed by atoms with E-state index in [1.54, 1.807) is 38.4 Å². The molecule has 0 aliphatic rings. The van der Waals surface area contributed by atoms with E-state index < -0.39 is 0 Å². The normalized spacial score (nSPS) is 9.80. The van der Waals surface area contributed by atoms with Crippen LogP contribution in [0.4, 0.5) is 0 Å². The van der Waals surface area contributed by atoms with Gasteiger partial charge in [-0.3, -0.25) is 4.79 Å². The van der Waals surface area contributed by atoms with Gasteiger partial charge < -0.3 is 14.7 Å². The van der Waals surface area contributed by atoms with Gasteiger partial charge in [0.25, 0.3) is 5.91 Å². The number of nitrogens with zero attached hydrogens (tertiary/aromatic N) is 1. The maximum absolute atomic E-state index is 11.7. The number of amides is 1. The van der Waals surface area contributed by atoms with Gasteiger partial charge in [0.15, 0.2) is 0 Å². The molecule has 0 spiro atoms. The molecule has 0 radical (unpaired) electrons. The van der Waals surface area contributed by atoms with Gasteiger partial charge in [-0.15, -0.1) is 0 Å². The number of carbonyl (C=O) groups excluding carboxylic acids is 1. The Morgan fingerprint density at radius 2 is 2.00 bits per heavy atom. The van der Waals surface area contributed by atoms with Crippen molar-refractivity contribution in [3.05, 3.63) is 29.8 Å². The van der Waals surface area contributed by atoms with Crippen LogP contribution in [0.2, 0.25) is 0 Å². The summed E-state index contributed by atoms with van der Waals surface area (Å²) in [5, 5.41) is 8.70. The van der Waals surface area contributed by atoms with Crippen molar-refractivity contribution in [1.29, 1.82) is 0 Å². The molecular weight excluding hydrogens is 194 g/mol. The van der Waals surface area contributed by atoms with E-state index in [0.29, 0.717) is 12.1 Å². The van der Waals surface area contributed by atoms with Gasteiger partial charge in [0.1, 0.15) is 5.75 Å². The minimum atomic E-state index is -0.105. The van der Waals surface area contributed by atoms with Crippen molar-refractivity contribution in [2.75, 3.05) is 27.3 Å². The monoisotopic (exact) mass is 209 g/mol. The molecule has 1 amide bonds. The number of methoxy groups -OCH3 is 1. The predicted molar refractivity (Wildman–Crippen MR) is 57.0 cm³/mol. The first-order valence-electron chi connectivity index (χ1n) is 4.69. The van der Waals surface area contributed by atoms with Crippen LogP contribution < -0.4 is 4.74 Å². The van der Waals surface area contributed by atoms with Gasteiger partial charge in [0.05, 0.1) is 13.7 Å². The van der Waals surface area contributed by atoms with Crippen LogP contribution in [0, 0.1) is 0 Å². The minimum Gasteiger partial charge on any atom is -0.497 e. The van der Waals surface area contributed by atoms with Crippen molar-refractivity contribution in [2.24, 2.45) is 0 Å². The van der Waals surface area contributed by atoms with Crippen LogP contribution in [0.15, 0.2) is 24.3 Å². The summed E-state index contributed by atoms with van der Waals surface area (Å²) in [5.74, 6) is 0.614. The van der Waals surface area contributed by atoms with Crippen LogP contribution in [0.25, 0.3) is 0 Å². The lowest BCUT2D eigenvalue weighted by Gasteiger charge is -2.15. The number of rotatable bonds is 4. The first-order chi connectivity index (χ1) is 7.19. The summed E-state index contributed by atoms with van der Waals surface area (Å²) in [5.41, 5.74) is 0.590. The number of likely N-dealkylation sites (N-methyl/N-ethyl adjacent to an activating group) is 1. The molecule has 4 nitrogen and oxygen atoms in total. The average Bonchev–Trinajstić information content (AvgIpc) is 2.28. The Morgan fingerprint density at radius 3 is 2.47 bits per heavy atom. The molecule has 1 rings (SSSR count). The molecule has 0 aliphatic heterocycles.